The third-order valence-corrected chi connectivity index (χ3v) is 4.68. The number of likely N-dealkylation sites (tertiary alicyclic amines) is 1. The van der Waals surface area contributed by atoms with Gasteiger partial charge in [-0.15, -0.1) is 11.3 Å². The van der Waals surface area contributed by atoms with Crippen LogP contribution in [-0.2, 0) is 4.79 Å². The fourth-order valence-corrected chi connectivity index (χ4v) is 3.41. The lowest BCUT2D eigenvalue weighted by atomic mass is 9.97. The van der Waals surface area contributed by atoms with Crippen molar-refractivity contribution in [1.82, 2.24) is 4.90 Å². The van der Waals surface area contributed by atoms with E-state index in [1.165, 1.54) is 11.3 Å². The molecule has 2 heterocycles. The van der Waals surface area contributed by atoms with Crippen LogP contribution in [0.25, 0.3) is 0 Å². The van der Waals surface area contributed by atoms with Gasteiger partial charge in [0.1, 0.15) is 0 Å². The summed E-state index contributed by atoms with van der Waals surface area (Å²) in [7, 11) is 0. The first kappa shape index (κ1) is 15.5. The fraction of sp³-hybridized carbons (Fsp3) is 0.467. The van der Waals surface area contributed by atoms with Gasteiger partial charge in [0, 0.05) is 13.1 Å². The SMILES string of the molecule is Cc1cc(C(=O)N2CCCC(C(N)=O)C2)sc1C#CCN. The minimum absolute atomic E-state index is 0.0464. The van der Waals surface area contributed by atoms with Crippen molar-refractivity contribution >= 4 is 23.2 Å². The average Bonchev–Trinajstić information content (AvgIpc) is 2.85. The Balaban J connectivity index is 2.14. The van der Waals surface area contributed by atoms with Gasteiger partial charge in [0.2, 0.25) is 5.91 Å². The lowest BCUT2D eigenvalue weighted by molar-refractivity contribution is -0.123. The number of nitrogens with two attached hydrogens (primary N) is 2. The van der Waals surface area contributed by atoms with E-state index in [4.69, 9.17) is 11.5 Å². The maximum absolute atomic E-state index is 12.5. The van der Waals surface area contributed by atoms with Gasteiger partial charge in [-0.1, -0.05) is 11.8 Å². The molecule has 21 heavy (non-hydrogen) atoms. The van der Waals surface area contributed by atoms with E-state index in [0.717, 1.165) is 23.3 Å². The highest BCUT2D eigenvalue weighted by Gasteiger charge is 2.28. The van der Waals surface area contributed by atoms with Crippen molar-refractivity contribution in [2.75, 3.05) is 19.6 Å². The summed E-state index contributed by atoms with van der Waals surface area (Å²) in [4.78, 5) is 27.0. The molecule has 4 N–H and O–H groups in total. The molecule has 112 valence electrons. The highest BCUT2D eigenvalue weighted by molar-refractivity contribution is 7.14. The molecule has 1 atom stereocenters. The molecule has 1 aromatic rings. The largest absolute Gasteiger partial charge is 0.369 e. The standard InChI is InChI=1S/C15H19N3O2S/c1-10-8-13(21-12(10)5-2-6-16)15(20)18-7-3-4-11(9-18)14(17)19/h8,11H,3-4,6-7,9,16H2,1H3,(H2,17,19). The fourth-order valence-electron chi connectivity index (χ4n) is 2.39. The zero-order valence-corrected chi connectivity index (χ0v) is 12.8. The number of carbonyl (C=O) groups excluding carboxylic acids is 2. The van der Waals surface area contributed by atoms with E-state index in [2.05, 4.69) is 11.8 Å². The van der Waals surface area contributed by atoms with Crippen LogP contribution in [0.15, 0.2) is 6.07 Å². The molecule has 2 amide bonds. The second kappa shape index (κ2) is 6.74. The summed E-state index contributed by atoms with van der Waals surface area (Å²) in [5.74, 6) is 5.17. The van der Waals surface area contributed by atoms with Gasteiger partial charge < -0.3 is 16.4 Å². The summed E-state index contributed by atoms with van der Waals surface area (Å²) < 4.78 is 0. The van der Waals surface area contributed by atoms with E-state index in [1.54, 1.807) is 4.90 Å². The van der Waals surface area contributed by atoms with E-state index in [0.29, 0.717) is 24.5 Å². The Morgan fingerprint density at radius 1 is 1.52 bits per heavy atom. The molecule has 0 aromatic carbocycles. The highest BCUT2D eigenvalue weighted by Crippen LogP contribution is 2.25. The lowest BCUT2D eigenvalue weighted by Crippen LogP contribution is -2.43. The predicted octanol–water partition coefficient (Wildman–Crippen LogP) is 0.704. The molecule has 1 aromatic heterocycles. The van der Waals surface area contributed by atoms with Gasteiger partial charge in [0.15, 0.2) is 0 Å². The molecule has 2 rings (SSSR count). The second-order valence-electron chi connectivity index (χ2n) is 5.12. The Bertz CT molecular complexity index is 612. The third-order valence-electron chi connectivity index (χ3n) is 3.54. The van der Waals surface area contributed by atoms with Crippen LogP contribution in [0.5, 0.6) is 0 Å². The number of thiophene rings is 1. The van der Waals surface area contributed by atoms with Crippen molar-refractivity contribution < 1.29 is 9.59 Å². The molecular weight excluding hydrogens is 286 g/mol. The van der Waals surface area contributed by atoms with Gasteiger partial charge in [-0.25, -0.2) is 0 Å². The minimum atomic E-state index is -0.329. The number of hydrogen-bond acceptors (Lipinski definition) is 4. The van der Waals surface area contributed by atoms with Crippen molar-refractivity contribution in [2.45, 2.75) is 19.8 Å². The Hall–Kier alpha value is -1.84. The topological polar surface area (TPSA) is 89.4 Å². The summed E-state index contributed by atoms with van der Waals surface area (Å²) >= 11 is 1.37. The summed E-state index contributed by atoms with van der Waals surface area (Å²) in [6.07, 6.45) is 1.57. The minimum Gasteiger partial charge on any atom is -0.369 e. The molecule has 1 aliphatic heterocycles. The molecule has 1 unspecified atom stereocenters. The van der Waals surface area contributed by atoms with E-state index < -0.39 is 0 Å². The van der Waals surface area contributed by atoms with Crippen LogP contribution in [0.2, 0.25) is 0 Å². The molecule has 0 radical (unpaired) electrons. The number of piperidine rings is 1. The Morgan fingerprint density at radius 3 is 2.95 bits per heavy atom. The molecular formula is C15H19N3O2S. The maximum atomic E-state index is 12.5. The summed E-state index contributed by atoms with van der Waals surface area (Å²) in [6, 6.07) is 1.85. The molecule has 0 saturated carbocycles. The molecule has 0 bridgehead atoms. The average molecular weight is 305 g/mol. The van der Waals surface area contributed by atoms with Crippen LogP contribution in [0, 0.1) is 24.7 Å². The maximum Gasteiger partial charge on any atom is 0.263 e. The zero-order chi connectivity index (χ0) is 15.4. The van der Waals surface area contributed by atoms with Crippen molar-refractivity contribution in [3.8, 4) is 11.8 Å². The first-order valence-electron chi connectivity index (χ1n) is 6.91. The van der Waals surface area contributed by atoms with Crippen LogP contribution < -0.4 is 11.5 Å². The summed E-state index contributed by atoms with van der Waals surface area (Å²) in [6.45, 7) is 3.31. The van der Waals surface area contributed by atoms with Gasteiger partial charge in [0.05, 0.1) is 22.2 Å². The van der Waals surface area contributed by atoms with Gasteiger partial charge in [-0.3, -0.25) is 9.59 Å². The Kier molecular flexibility index (Phi) is 4.99. The number of rotatable bonds is 2. The Labute approximate surface area is 128 Å². The van der Waals surface area contributed by atoms with Gasteiger partial charge >= 0.3 is 0 Å². The molecule has 1 saturated heterocycles. The normalized spacial score (nSPS) is 18.0. The van der Waals surface area contributed by atoms with Crippen molar-refractivity contribution in [1.29, 1.82) is 0 Å². The monoisotopic (exact) mass is 305 g/mol. The summed E-state index contributed by atoms with van der Waals surface area (Å²) in [5, 5.41) is 0. The summed E-state index contributed by atoms with van der Waals surface area (Å²) in [5.41, 5.74) is 11.7. The number of primary amides is 1. The number of aryl methyl sites for hydroxylation is 1. The van der Waals surface area contributed by atoms with Gasteiger partial charge in [-0.05, 0) is 31.4 Å². The quantitative estimate of drug-likeness (QED) is 0.788. The molecule has 6 heteroatoms. The van der Waals surface area contributed by atoms with E-state index in [1.807, 2.05) is 13.0 Å². The molecule has 0 aliphatic carbocycles. The molecule has 0 spiro atoms. The van der Waals surface area contributed by atoms with E-state index >= 15 is 0 Å². The smallest absolute Gasteiger partial charge is 0.263 e. The number of nitrogens with zero attached hydrogens (tertiary/aromatic N) is 1. The predicted molar refractivity (Wildman–Crippen MR) is 82.8 cm³/mol. The molecule has 1 aliphatic rings. The van der Waals surface area contributed by atoms with Crippen LogP contribution in [-0.4, -0.2) is 36.3 Å². The molecule has 5 nitrogen and oxygen atoms in total. The number of hydrogen-bond donors (Lipinski definition) is 2. The van der Waals surface area contributed by atoms with Gasteiger partial charge in [-0.2, -0.15) is 0 Å². The van der Waals surface area contributed by atoms with Crippen LogP contribution >= 0.6 is 11.3 Å². The van der Waals surface area contributed by atoms with Crippen LogP contribution in [0.4, 0.5) is 0 Å². The number of amides is 2. The van der Waals surface area contributed by atoms with Crippen LogP contribution in [0.1, 0.15) is 33.0 Å². The van der Waals surface area contributed by atoms with E-state index in [9.17, 15) is 9.59 Å². The highest BCUT2D eigenvalue weighted by atomic mass is 32.1. The molecule has 1 fully saturated rings. The van der Waals surface area contributed by atoms with Crippen molar-refractivity contribution in [3.63, 3.8) is 0 Å². The third kappa shape index (κ3) is 3.63. The second-order valence-corrected chi connectivity index (χ2v) is 6.17. The Morgan fingerprint density at radius 2 is 2.29 bits per heavy atom. The first-order valence-corrected chi connectivity index (χ1v) is 7.72. The zero-order valence-electron chi connectivity index (χ0n) is 12.0. The first-order chi connectivity index (χ1) is 10.0. The van der Waals surface area contributed by atoms with Gasteiger partial charge in [0.25, 0.3) is 5.91 Å². The van der Waals surface area contributed by atoms with Crippen LogP contribution in [0.3, 0.4) is 0 Å². The van der Waals surface area contributed by atoms with Crippen molar-refractivity contribution in [3.05, 3.63) is 21.4 Å². The van der Waals surface area contributed by atoms with E-state index in [-0.39, 0.29) is 17.7 Å². The van der Waals surface area contributed by atoms with Crippen molar-refractivity contribution in [2.24, 2.45) is 17.4 Å². The lowest BCUT2D eigenvalue weighted by Gasteiger charge is -2.30. The number of carbonyl (C=O) groups is 2.